The highest BCUT2D eigenvalue weighted by Gasteiger charge is 2.74. The van der Waals surface area contributed by atoms with E-state index in [0.29, 0.717) is 53.8 Å². The Balaban J connectivity index is 1.33. The highest BCUT2D eigenvalue weighted by molar-refractivity contribution is 6.26. The van der Waals surface area contributed by atoms with Gasteiger partial charge in [0, 0.05) is 17.2 Å². The third kappa shape index (κ3) is 3.28. The first kappa shape index (κ1) is 23.2. The third-order valence-electron chi connectivity index (χ3n) is 8.46. The van der Waals surface area contributed by atoms with Crippen LogP contribution in [0.1, 0.15) is 43.7 Å². The zero-order valence-corrected chi connectivity index (χ0v) is 20.4. The van der Waals surface area contributed by atoms with Crippen LogP contribution in [0.2, 0.25) is 0 Å². The normalized spacial score (nSPS) is 27.8. The second kappa shape index (κ2) is 8.44. The zero-order valence-electron chi connectivity index (χ0n) is 20.4. The lowest BCUT2D eigenvalue weighted by Crippen LogP contribution is -2.43. The van der Waals surface area contributed by atoms with Crippen molar-refractivity contribution in [3.05, 3.63) is 71.8 Å². The molecular formula is C30H25N3O4. The van der Waals surface area contributed by atoms with Crippen LogP contribution in [0.3, 0.4) is 0 Å². The molecule has 3 aromatic rings. The molecule has 0 spiro atoms. The van der Waals surface area contributed by atoms with E-state index < -0.39 is 23.0 Å². The quantitative estimate of drug-likeness (QED) is 0.456. The van der Waals surface area contributed by atoms with Gasteiger partial charge in [-0.2, -0.15) is 10.5 Å². The summed E-state index contributed by atoms with van der Waals surface area (Å²) in [5, 5.41) is 20.0. The fourth-order valence-corrected chi connectivity index (χ4v) is 6.68. The summed E-state index contributed by atoms with van der Waals surface area (Å²) in [5.41, 5.74) is 0.152. The molecule has 7 heteroatoms. The van der Waals surface area contributed by atoms with Crippen molar-refractivity contribution in [3.63, 3.8) is 0 Å². The van der Waals surface area contributed by atoms with Crippen molar-refractivity contribution in [1.29, 1.82) is 10.5 Å². The average molecular weight is 492 g/mol. The van der Waals surface area contributed by atoms with Crippen LogP contribution >= 0.6 is 0 Å². The van der Waals surface area contributed by atoms with Gasteiger partial charge in [0.1, 0.15) is 5.75 Å². The monoisotopic (exact) mass is 491 g/mol. The molecule has 3 saturated heterocycles. The number of nitriles is 2. The Morgan fingerprint density at radius 3 is 2.27 bits per heavy atom. The molecule has 7 nitrogen and oxygen atoms in total. The largest absolute Gasteiger partial charge is 0.493 e. The number of carbonyl (C=O) groups is 2. The van der Waals surface area contributed by atoms with E-state index in [2.05, 4.69) is 12.1 Å². The number of carbonyl (C=O) groups excluding carboxylic acids is 2. The van der Waals surface area contributed by atoms with Crippen molar-refractivity contribution >= 4 is 28.3 Å². The third-order valence-corrected chi connectivity index (χ3v) is 8.46. The molecule has 37 heavy (non-hydrogen) atoms. The lowest BCUT2D eigenvalue weighted by Gasteiger charge is -2.31. The van der Waals surface area contributed by atoms with E-state index in [1.54, 1.807) is 36.4 Å². The Morgan fingerprint density at radius 1 is 0.919 bits per heavy atom. The molecule has 0 aliphatic carbocycles. The molecule has 0 radical (unpaired) electrons. The first-order valence-electron chi connectivity index (χ1n) is 12.6. The van der Waals surface area contributed by atoms with Crippen molar-refractivity contribution < 1.29 is 19.1 Å². The van der Waals surface area contributed by atoms with Gasteiger partial charge >= 0.3 is 0 Å². The average Bonchev–Trinajstić information content (AvgIpc) is 3.55. The van der Waals surface area contributed by atoms with Crippen LogP contribution in [-0.2, 0) is 14.3 Å². The Hall–Kier alpha value is -4.20. The summed E-state index contributed by atoms with van der Waals surface area (Å²) < 4.78 is 12.6. The Morgan fingerprint density at radius 2 is 1.59 bits per heavy atom. The van der Waals surface area contributed by atoms with Crippen molar-refractivity contribution in [2.24, 2.45) is 11.8 Å². The van der Waals surface area contributed by atoms with E-state index in [-0.39, 0.29) is 11.8 Å². The maximum atomic E-state index is 14.0. The van der Waals surface area contributed by atoms with Crippen LogP contribution < -0.4 is 9.64 Å². The second-order valence-corrected chi connectivity index (χ2v) is 10.1. The summed E-state index contributed by atoms with van der Waals surface area (Å²) in [4.78, 5) is 29.3. The first-order chi connectivity index (χ1) is 18.0. The highest BCUT2D eigenvalue weighted by Crippen LogP contribution is 2.63. The molecule has 2 bridgehead atoms. The number of anilines is 1. The number of benzene rings is 3. The molecule has 3 fully saturated rings. The standard InChI is InChI=1S/C30H25N3O4/c1-2-29-13-14-30(37-29,15-16-36-21-10-7-19(17-31)8-11-21)26-25(29)27(34)33(28(26)35)24-12-9-20(18-32)22-5-3-4-6-23(22)24/h3-12,25-26H,2,13-16H2,1H3/t25?,26-,29?,30?/m0/s1. The van der Waals surface area contributed by atoms with E-state index in [1.165, 1.54) is 4.90 Å². The number of fused-ring (bicyclic) bond motifs is 6. The van der Waals surface area contributed by atoms with Crippen LogP contribution in [0.15, 0.2) is 60.7 Å². The number of nitrogens with zero attached hydrogens (tertiary/aromatic N) is 3. The Labute approximate surface area is 214 Å². The minimum Gasteiger partial charge on any atom is -0.493 e. The van der Waals surface area contributed by atoms with Crippen molar-refractivity contribution in [3.8, 4) is 17.9 Å². The van der Waals surface area contributed by atoms with E-state index in [1.807, 2.05) is 31.2 Å². The second-order valence-electron chi connectivity index (χ2n) is 10.1. The maximum Gasteiger partial charge on any atom is 0.240 e. The Bertz CT molecular complexity index is 1520. The van der Waals surface area contributed by atoms with Crippen LogP contribution in [-0.4, -0.2) is 29.6 Å². The van der Waals surface area contributed by atoms with E-state index in [0.717, 1.165) is 11.8 Å². The summed E-state index contributed by atoms with van der Waals surface area (Å²) in [6, 6.07) is 22.0. The number of hydrogen-bond acceptors (Lipinski definition) is 6. The molecule has 0 aromatic heterocycles. The van der Waals surface area contributed by atoms with Gasteiger partial charge in [0.05, 0.1) is 58.6 Å². The van der Waals surface area contributed by atoms with Gasteiger partial charge in [0.25, 0.3) is 0 Å². The molecule has 184 valence electrons. The van der Waals surface area contributed by atoms with Gasteiger partial charge in [-0.1, -0.05) is 31.2 Å². The van der Waals surface area contributed by atoms with Gasteiger partial charge in [-0.3, -0.25) is 9.59 Å². The van der Waals surface area contributed by atoms with Crippen LogP contribution in [0.4, 0.5) is 5.69 Å². The van der Waals surface area contributed by atoms with Gasteiger partial charge in [0.2, 0.25) is 11.8 Å². The van der Waals surface area contributed by atoms with Gasteiger partial charge < -0.3 is 9.47 Å². The summed E-state index contributed by atoms with van der Waals surface area (Å²) in [7, 11) is 0. The first-order valence-corrected chi connectivity index (χ1v) is 12.6. The summed E-state index contributed by atoms with van der Waals surface area (Å²) in [6.07, 6.45) is 2.55. The van der Waals surface area contributed by atoms with E-state index in [4.69, 9.17) is 14.7 Å². The van der Waals surface area contributed by atoms with Crippen LogP contribution in [0.25, 0.3) is 10.8 Å². The lowest BCUT2D eigenvalue weighted by atomic mass is 9.66. The predicted molar refractivity (Wildman–Crippen MR) is 135 cm³/mol. The van der Waals surface area contributed by atoms with Crippen molar-refractivity contribution in [1.82, 2.24) is 0 Å². The Kier molecular flexibility index (Phi) is 5.29. The smallest absolute Gasteiger partial charge is 0.240 e. The summed E-state index contributed by atoms with van der Waals surface area (Å²) in [5.74, 6) is -0.931. The molecule has 3 aliphatic heterocycles. The van der Waals surface area contributed by atoms with Gasteiger partial charge in [-0.25, -0.2) is 4.90 Å². The minimum atomic E-state index is -0.767. The molecule has 4 atom stereocenters. The summed E-state index contributed by atoms with van der Waals surface area (Å²) >= 11 is 0. The molecular weight excluding hydrogens is 466 g/mol. The van der Waals surface area contributed by atoms with Gasteiger partial charge in [-0.15, -0.1) is 0 Å². The number of amides is 2. The number of ether oxygens (including phenoxy) is 2. The van der Waals surface area contributed by atoms with Gasteiger partial charge in [-0.05, 0) is 55.7 Å². The zero-order chi connectivity index (χ0) is 25.8. The maximum absolute atomic E-state index is 14.0. The fourth-order valence-electron chi connectivity index (χ4n) is 6.68. The predicted octanol–water partition coefficient (Wildman–Crippen LogP) is 4.87. The molecule has 2 amide bonds. The van der Waals surface area contributed by atoms with Crippen molar-refractivity contribution in [2.75, 3.05) is 11.5 Å². The van der Waals surface area contributed by atoms with E-state index in [9.17, 15) is 14.9 Å². The van der Waals surface area contributed by atoms with Crippen molar-refractivity contribution in [2.45, 2.75) is 43.8 Å². The fraction of sp³-hybridized carbons (Fsp3) is 0.333. The lowest BCUT2D eigenvalue weighted by molar-refractivity contribution is -0.132. The van der Waals surface area contributed by atoms with Gasteiger partial charge in [0.15, 0.2) is 0 Å². The molecule has 3 aliphatic rings. The molecule has 3 heterocycles. The number of hydrogen-bond donors (Lipinski definition) is 0. The van der Waals surface area contributed by atoms with Crippen LogP contribution in [0, 0.1) is 34.5 Å². The number of rotatable bonds is 6. The molecule has 6 rings (SSSR count). The molecule has 0 saturated carbocycles. The SMILES string of the molecule is CCC12CCC(CCOc3ccc(C#N)cc3)(O1)[C@@H]1C(=O)N(c3ccc(C#N)c4ccccc34)C(=O)C12. The highest BCUT2D eigenvalue weighted by atomic mass is 16.5. The van der Waals surface area contributed by atoms with Crippen LogP contribution in [0.5, 0.6) is 5.75 Å². The topological polar surface area (TPSA) is 103 Å². The molecule has 0 N–H and O–H groups in total. The molecule has 3 aromatic carbocycles. The molecule has 3 unspecified atom stereocenters. The minimum absolute atomic E-state index is 0.221. The summed E-state index contributed by atoms with van der Waals surface area (Å²) in [6.45, 7) is 2.35. The van der Waals surface area contributed by atoms with E-state index >= 15 is 0 Å². The number of imide groups is 1.